The summed E-state index contributed by atoms with van der Waals surface area (Å²) >= 11 is 0. The van der Waals surface area contributed by atoms with E-state index in [1.807, 2.05) is 6.07 Å². The molecule has 4 rings (SSSR count). The lowest BCUT2D eigenvalue weighted by Crippen LogP contribution is -2.23. The molecule has 0 aliphatic carbocycles. The summed E-state index contributed by atoms with van der Waals surface area (Å²) in [6.45, 7) is 1.59. The Kier molecular flexibility index (Phi) is 7.79. The highest BCUT2D eigenvalue weighted by atomic mass is 16.6. The van der Waals surface area contributed by atoms with Crippen LogP contribution in [-0.2, 0) is 0 Å². The fourth-order valence-corrected chi connectivity index (χ4v) is 3.92. The number of anilines is 1. The monoisotopic (exact) mass is 477 g/mol. The second-order valence-corrected chi connectivity index (χ2v) is 8.10. The number of para-hydroxylation sites is 1. The van der Waals surface area contributed by atoms with Gasteiger partial charge in [-0.15, -0.1) is 0 Å². The summed E-state index contributed by atoms with van der Waals surface area (Å²) < 4.78 is 17.0. The first-order valence-corrected chi connectivity index (χ1v) is 11.4. The Bertz CT molecular complexity index is 1180. The Hall–Kier alpha value is -4.11. The number of carbonyl (C=O) groups excluding carboxylic acids is 1. The second-order valence-electron chi connectivity index (χ2n) is 8.10. The Morgan fingerprint density at radius 3 is 2.63 bits per heavy atom. The van der Waals surface area contributed by atoms with E-state index in [4.69, 9.17) is 14.2 Å². The first kappa shape index (κ1) is 24.0. The number of nitrogens with one attached hydrogen (secondary N) is 2. The molecule has 1 aliphatic rings. The molecule has 1 amide bonds. The van der Waals surface area contributed by atoms with Crippen molar-refractivity contribution >= 4 is 17.3 Å². The smallest absolute Gasteiger partial charge is 0.282 e. The van der Waals surface area contributed by atoms with E-state index in [1.165, 1.54) is 31.7 Å². The highest BCUT2D eigenvalue weighted by molar-refractivity contribution is 6.07. The quantitative estimate of drug-likeness (QED) is 0.306. The van der Waals surface area contributed by atoms with E-state index >= 15 is 0 Å². The maximum atomic E-state index is 13.0. The molecule has 9 heteroatoms. The van der Waals surface area contributed by atoms with Crippen molar-refractivity contribution in [3.8, 4) is 23.0 Å². The number of nitrogens with zero attached hydrogens (tertiary/aromatic N) is 1. The lowest BCUT2D eigenvalue weighted by atomic mass is 10.1. The lowest BCUT2D eigenvalue weighted by molar-refractivity contribution is -0.385. The van der Waals surface area contributed by atoms with E-state index in [-0.39, 0.29) is 11.3 Å². The number of rotatable bonds is 10. The van der Waals surface area contributed by atoms with Crippen LogP contribution in [0.1, 0.15) is 29.6 Å². The zero-order valence-electron chi connectivity index (χ0n) is 19.4. The van der Waals surface area contributed by atoms with Gasteiger partial charge in [0.25, 0.3) is 11.6 Å². The van der Waals surface area contributed by atoms with Gasteiger partial charge in [-0.2, -0.15) is 0 Å². The van der Waals surface area contributed by atoms with Gasteiger partial charge in [-0.1, -0.05) is 18.2 Å². The van der Waals surface area contributed by atoms with Gasteiger partial charge in [-0.3, -0.25) is 14.9 Å². The Morgan fingerprint density at radius 1 is 1.09 bits per heavy atom. The van der Waals surface area contributed by atoms with Gasteiger partial charge in [0.2, 0.25) is 0 Å². The minimum atomic E-state index is -0.641. The Morgan fingerprint density at radius 2 is 1.91 bits per heavy atom. The minimum absolute atomic E-state index is 0.119. The van der Waals surface area contributed by atoms with Gasteiger partial charge >= 0.3 is 0 Å². The van der Waals surface area contributed by atoms with Crippen LogP contribution < -0.4 is 24.8 Å². The molecule has 0 bridgehead atoms. The van der Waals surface area contributed by atoms with E-state index in [1.54, 1.807) is 42.5 Å². The SMILES string of the molecule is COc1cc(NC(=O)c2cc(Oc3ccccc3)ccc2[N+](=O)[O-])ccc1OCCC1CCCN1. The fourth-order valence-electron chi connectivity index (χ4n) is 3.92. The van der Waals surface area contributed by atoms with Gasteiger partial charge in [0.05, 0.1) is 18.6 Å². The standard InChI is InChI=1S/C26H27N3O6/c1-33-25-16-19(9-12-24(25)34-15-13-18-6-5-14-27-18)28-26(30)22-17-21(10-11-23(22)29(31)32)35-20-7-3-2-4-8-20/h2-4,7-12,16-18,27H,5-6,13-15H2,1H3,(H,28,30). The van der Waals surface area contributed by atoms with Crippen molar-refractivity contribution in [1.82, 2.24) is 5.32 Å². The molecule has 1 heterocycles. The molecule has 1 unspecified atom stereocenters. The molecule has 1 aliphatic heterocycles. The number of ether oxygens (including phenoxy) is 3. The average Bonchev–Trinajstić information content (AvgIpc) is 3.39. The molecule has 182 valence electrons. The van der Waals surface area contributed by atoms with Crippen molar-refractivity contribution in [2.24, 2.45) is 0 Å². The van der Waals surface area contributed by atoms with Crippen molar-refractivity contribution in [2.75, 3.05) is 25.6 Å². The van der Waals surface area contributed by atoms with Crippen LogP contribution in [0, 0.1) is 10.1 Å². The third kappa shape index (κ3) is 6.27. The molecule has 0 aromatic heterocycles. The number of carbonyl (C=O) groups is 1. The third-order valence-corrected chi connectivity index (χ3v) is 5.70. The summed E-state index contributed by atoms with van der Waals surface area (Å²) in [6.07, 6.45) is 3.23. The van der Waals surface area contributed by atoms with Gasteiger partial charge < -0.3 is 24.8 Å². The molecular formula is C26H27N3O6. The van der Waals surface area contributed by atoms with Crippen molar-refractivity contribution in [3.05, 3.63) is 82.4 Å². The predicted molar refractivity (Wildman–Crippen MR) is 132 cm³/mol. The molecule has 0 spiro atoms. The summed E-state index contributed by atoms with van der Waals surface area (Å²) in [5.41, 5.74) is -0.0255. The van der Waals surface area contributed by atoms with Crippen LogP contribution in [0.15, 0.2) is 66.7 Å². The number of nitro benzene ring substituents is 1. The number of nitro groups is 1. The van der Waals surface area contributed by atoms with Gasteiger partial charge in [-0.25, -0.2) is 0 Å². The molecule has 1 fully saturated rings. The van der Waals surface area contributed by atoms with Crippen LogP contribution in [0.25, 0.3) is 0 Å². The fraction of sp³-hybridized carbons (Fsp3) is 0.269. The maximum Gasteiger partial charge on any atom is 0.282 e. The normalized spacial score (nSPS) is 14.8. The Labute approximate surface area is 203 Å². The van der Waals surface area contributed by atoms with Crippen molar-refractivity contribution in [3.63, 3.8) is 0 Å². The van der Waals surface area contributed by atoms with Crippen LogP contribution >= 0.6 is 0 Å². The molecule has 1 atom stereocenters. The highest BCUT2D eigenvalue weighted by Gasteiger charge is 2.22. The number of hydrogen-bond acceptors (Lipinski definition) is 7. The van der Waals surface area contributed by atoms with Gasteiger partial charge in [0.1, 0.15) is 17.1 Å². The van der Waals surface area contributed by atoms with Crippen molar-refractivity contribution < 1.29 is 23.9 Å². The van der Waals surface area contributed by atoms with Gasteiger partial charge in [0.15, 0.2) is 11.5 Å². The van der Waals surface area contributed by atoms with Crippen LogP contribution in [0.2, 0.25) is 0 Å². The van der Waals surface area contributed by atoms with Gasteiger partial charge in [0, 0.05) is 29.9 Å². The highest BCUT2D eigenvalue weighted by Crippen LogP contribution is 2.32. The first-order chi connectivity index (χ1) is 17.0. The van der Waals surface area contributed by atoms with E-state index in [2.05, 4.69) is 10.6 Å². The minimum Gasteiger partial charge on any atom is -0.493 e. The van der Waals surface area contributed by atoms with Crippen molar-refractivity contribution in [1.29, 1.82) is 0 Å². The summed E-state index contributed by atoms with van der Waals surface area (Å²) in [4.78, 5) is 23.9. The third-order valence-electron chi connectivity index (χ3n) is 5.70. The molecule has 9 nitrogen and oxygen atoms in total. The van der Waals surface area contributed by atoms with E-state index in [0.717, 1.165) is 19.4 Å². The molecule has 1 saturated heterocycles. The molecule has 2 N–H and O–H groups in total. The topological polar surface area (TPSA) is 112 Å². The molecule has 0 saturated carbocycles. The second kappa shape index (κ2) is 11.3. The average molecular weight is 478 g/mol. The number of benzene rings is 3. The zero-order chi connectivity index (χ0) is 24.6. The number of methoxy groups -OCH3 is 1. The maximum absolute atomic E-state index is 13.0. The first-order valence-electron chi connectivity index (χ1n) is 11.4. The van der Waals surface area contributed by atoms with Crippen LogP contribution in [0.4, 0.5) is 11.4 Å². The number of amides is 1. The van der Waals surface area contributed by atoms with Crippen LogP contribution in [-0.4, -0.2) is 37.1 Å². The predicted octanol–water partition coefficient (Wildman–Crippen LogP) is 5.17. The Balaban J connectivity index is 1.47. The van der Waals surface area contributed by atoms with Crippen molar-refractivity contribution in [2.45, 2.75) is 25.3 Å². The molecule has 3 aromatic rings. The van der Waals surface area contributed by atoms with Crippen LogP contribution in [0.3, 0.4) is 0 Å². The van der Waals surface area contributed by atoms with E-state index in [9.17, 15) is 14.9 Å². The summed E-state index contributed by atoms with van der Waals surface area (Å²) in [6, 6.07) is 18.5. The zero-order valence-corrected chi connectivity index (χ0v) is 19.4. The molecule has 0 radical (unpaired) electrons. The molecular weight excluding hydrogens is 450 g/mol. The molecule has 35 heavy (non-hydrogen) atoms. The van der Waals surface area contributed by atoms with Gasteiger partial charge in [-0.05, 0) is 56.1 Å². The van der Waals surface area contributed by atoms with Crippen LogP contribution in [0.5, 0.6) is 23.0 Å². The number of hydrogen-bond donors (Lipinski definition) is 2. The lowest BCUT2D eigenvalue weighted by Gasteiger charge is -2.15. The van der Waals surface area contributed by atoms with E-state index < -0.39 is 10.8 Å². The van der Waals surface area contributed by atoms with E-state index in [0.29, 0.717) is 41.3 Å². The summed E-state index contributed by atoms with van der Waals surface area (Å²) in [5, 5.41) is 17.7. The summed E-state index contributed by atoms with van der Waals surface area (Å²) in [5.74, 6) is 1.24. The summed E-state index contributed by atoms with van der Waals surface area (Å²) in [7, 11) is 1.52. The largest absolute Gasteiger partial charge is 0.493 e. The molecule has 3 aromatic carbocycles.